The Balaban J connectivity index is 1.99. The van der Waals surface area contributed by atoms with E-state index >= 15 is 0 Å². The highest BCUT2D eigenvalue weighted by Crippen LogP contribution is 2.18. The third-order valence-corrected chi connectivity index (χ3v) is 4.60. The fourth-order valence-corrected chi connectivity index (χ4v) is 3.27. The second-order valence-corrected chi connectivity index (χ2v) is 7.62. The Hall–Kier alpha value is -2.83. The third-order valence-electron chi connectivity index (χ3n) is 4.60. The molecule has 0 aliphatic carbocycles. The molecule has 7 heteroatoms. The van der Waals surface area contributed by atoms with Gasteiger partial charge < -0.3 is 15.5 Å². The van der Waals surface area contributed by atoms with Crippen molar-refractivity contribution in [2.45, 2.75) is 52.6 Å². The zero-order valence-corrected chi connectivity index (χ0v) is 18.5. The van der Waals surface area contributed by atoms with Crippen LogP contribution in [0.2, 0.25) is 0 Å². The standard InChI is InChI=1S/C22H34N6O/c1-7-9-20(29)25-19-11-8-10-17(12-19)13-24-22(23-4)27(5)14-18-15-28(6)26-21(18)16(2)3/h8,10-12,15-16H,7,9,13-14H2,1-6H3,(H,23,24)(H,25,29). The van der Waals surface area contributed by atoms with E-state index in [0.717, 1.165) is 35.9 Å². The van der Waals surface area contributed by atoms with Crippen molar-refractivity contribution in [1.82, 2.24) is 20.0 Å². The number of guanidine groups is 1. The minimum absolute atomic E-state index is 0.0468. The molecule has 2 rings (SSSR count). The Morgan fingerprint density at radius 1 is 1.34 bits per heavy atom. The van der Waals surface area contributed by atoms with Crippen molar-refractivity contribution in [3.63, 3.8) is 0 Å². The van der Waals surface area contributed by atoms with Crippen molar-refractivity contribution in [2.24, 2.45) is 12.0 Å². The summed E-state index contributed by atoms with van der Waals surface area (Å²) in [7, 11) is 5.76. The van der Waals surface area contributed by atoms with Gasteiger partial charge in [0.2, 0.25) is 5.91 Å². The Bertz CT molecular complexity index is 840. The lowest BCUT2D eigenvalue weighted by molar-refractivity contribution is -0.116. The first kappa shape index (κ1) is 22.5. The summed E-state index contributed by atoms with van der Waals surface area (Å²) < 4.78 is 1.87. The van der Waals surface area contributed by atoms with E-state index in [4.69, 9.17) is 0 Å². The van der Waals surface area contributed by atoms with Gasteiger partial charge in [0.25, 0.3) is 0 Å². The number of hydrogen-bond donors (Lipinski definition) is 2. The molecule has 0 radical (unpaired) electrons. The number of carbonyl (C=O) groups excluding carboxylic acids is 1. The van der Waals surface area contributed by atoms with Crippen LogP contribution in [0, 0.1) is 0 Å². The van der Waals surface area contributed by atoms with Crippen LogP contribution < -0.4 is 10.6 Å². The largest absolute Gasteiger partial charge is 0.352 e. The predicted octanol–water partition coefficient (Wildman–Crippen LogP) is 3.49. The molecule has 1 amide bonds. The van der Waals surface area contributed by atoms with Gasteiger partial charge in [0, 0.05) is 58.1 Å². The number of rotatable bonds is 8. The number of hydrogen-bond acceptors (Lipinski definition) is 3. The Labute approximate surface area is 174 Å². The van der Waals surface area contributed by atoms with Crippen LogP contribution in [0.4, 0.5) is 5.69 Å². The first-order valence-corrected chi connectivity index (χ1v) is 10.2. The molecule has 158 valence electrons. The first-order chi connectivity index (χ1) is 13.8. The van der Waals surface area contributed by atoms with E-state index in [1.807, 2.05) is 50.0 Å². The van der Waals surface area contributed by atoms with Gasteiger partial charge in [-0.25, -0.2) is 0 Å². The summed E-state index contributed by atoms with van der Waals surface area (Å²) in [6.45, 7) is 7.67. The molecule has 0 fully saturated rings. The molecule has 2 aromatic rings. The number of amides is 1. The number of nitrogens with zero attached hydrogens (tertiary/aromatic N) is 4. The second-order valence-electron chi connectivity index (χ2n) is 7.62. The summed E-state index contributed by atoms with van der Waals surface area (Å²) in [6, 6.07) is 7.89. The lowest BCUT2D eigenvalue weighted by atomic mass is 10.1. The molecule has 0 aliphatic rings. The van der Waals surface area contributed by atoms with Crippen molar-refractivity contribution in [3.8, 4) is 0 Å². The fourth-order valence-electron chi connectivity index (χ4n) is 3.27. The average Bonchev–Trinajstić information content (AvgIpc) is 3.03. The second kappa shape index (κ2) is 10.6. The van der Waals surface area contributed by atoms with Crippen LogP contribution >= 0.6 is 0 Å². The van der Waals surface area contributed by atoms with Crippen LogP contribution in [-0.4, -0.2) is 40.6 Å². The van der Waals surface area contributed by atoms with Crippen LogP contribution in [0.25, 0.3) is 0 Å². The van der Waals surface area contributed by atoms with Gasteiger partial charge in [-0.3, -0.25) is 14.5 Å². The number of anilines is 1. The van der Waals surface area contributed by atoms with Gasteiger partial charge in [0.1, 0.15) is 0 Å². The molecule has 0 spiro atoms. The lowest BCUT2D eigenvalue weighted by Crippen LogP contribution is -2.38. The first-order valence-electron chi connectivity index (χ1n) is 10.2. The maximum absolute atomic E-state index is 11.8. The van der Waals surface area contributed by atoms with Gasteiger partial charge in [-0.15, -0.1) is 0 Å². The van der Waals surface area contributed by atoms with Crippen LogP contribution in [0.5, 0.6) is 0 Å². The van der Waals surface area contributed by atoms with E-state index < -0.39 is 0 Å². The number of carbonyl (C=O) groups is 1. The molecule has 1 heterocycles. The van der Waals surface area contributed by atoms with E-state index in [1.54, 1.807) is 7.05 Å². The number of aryl methyl sites for hydroxylation is 1. The molecule has 2 N–H and O–H groups in total. The van der Waals surface area contributed by atoms with Crippen LogP contribution in [0.3, 0.4) is 0 Å². The Morgan fingerprint density at radius 3 is 2.76 bits per heavy atom. The molecule has 1 aromatic heterocycles. The van der Waals surface area contributed by atoms with Crippen molar-refractivity contribution in [2.75, 3.05) is 19.4 Å². The molecule has 0 unspecified atom stereocenters. The quantitative estimate of drug-likeness (QED) is 0.527. The highest BCUT2D eigenvalue weighted by Gasteiger charge is 2.15. The van der Waals surface area contributed by atoms with E-state index in [-0.39, 0.29) is 5.91 Å². The zero-order chi connectivity index (χ0) is 21.4. The van der Waals surface area contributed by atoms with Gasteiger partial charge in [-0.05, 0) is 30.0 Å². The van der Waals surface area contributed by atoms with Crippen molar-refractivity contribution in [1.29, 1.82) is 0 Å². The molecule has 0 bridgehead atoms. The van der Waals surface area contributed by atoms with Gasteiger partial charge in [0.15, 0.2) is 5.96 Å². The average molecular weight is 399 g/mol. The van der Waals surface area contributed by atoms with Crippen molar-refractivity contribution >= 4 is 17.6 Å². The van der Waals surface area contributed by atoms with E-state index in [1.165, 1.54) is 5.56 Å². The summed E-state index contributed by atoms with van der Waals surface area (Å²) >= 11 is 0. The minimum atomic E-state index is 0.0468. The summed E-state index contributed by atoms with van der Waals surface area (Å²) in [6.07, 6.45) is 3.44. The molecular weight excluding hydrogens is 364 g/mol. The highest BCUT2D eigenvalue weighted by atomic mass is 16.1. The Kier molecular flexibility index (Phi) is 8.24. The maximum Gasteiger partial charge on any atom is 0.224 e. The van der Waals surface area contributed by atoms with Crippen molar-refractivity contribution < 1.29 is 4.79 Å². The third kappa shape index (κ3) is 6.62. The summed E-state index contributed by atoms with van der Waals surface area (Å²) in [5.74, 6) is 1.23. The van der Waals surface area contributed by atoms with E-state index in [2.05, 4.69) is 45.7 Å². The smallest absolute Gasteiger partial charge is 0.224 e. The molecule has 7 nitrogen and oxygen atoms in total. The van der Waals surface area contributed by atoms with Gasteiger partial charge >= 0.3 is 0 Å². The summed E-state index contributed by atoms with van der Waals surface area (Å²) in [5.41, 5.74) is 4.22. The monoisotopic (exact) mass is 398 g/mol. The van der Waals surface area contributed by atoms with E-state index in [9.17, 15) is 4.79 Å². The summed E-state index contributed by atoms with van der Waals surface area (Å²) in [4.78, 5) is 18.3. The number of benzene rings is 1. The van der Waals surface area contributed by atoms with Crippen LogP contribution in [-0.2, 0) is 24.9 Å². The highest BCUT2D eigenvalue weighted by molar-refractivity contribution is 5.90. The number of nitrogens with one attached hydrogen (secondary N) is 2. The molecule has 0 saturated heterocycles. The zero-order valence-electron chi connectivity index (χ0n) is 18.5. The minimum Gasteiger partial charge on any atom is -0.352 e. The normalized spacial score (nSPS) is 11.6. The molecule has 1 aromatic carbocycles. The molecule has 0 saturated carbocycles. The molecule has 0 aliphatic heterocycles. The van der Waals surface area contributed by atoms with Gasteiger partial charge in [-0.2, -0.15) is 5.10 Å². The van der Waals surface area contributed by atoms with Crippen molar-refractivity contribution in [3.05, 3.63) is 47.3 Å². The number of aromatic nitrogens is 2. The lowest BCUT2D eigenvalue weighted by Gasteiger charge is -2.22. The maximum atomic E-state index is 11.8. The Morgan fingerprint density at radius 2 is 2.10 bits per heavy atom. The topological polar surface area (TPSA) is 74.6 Å². The number of aliphatic imine (C=N–C) groups is 1. The van der Waals surface area contributed by atoms with Gasteiger partial charge in [-0.1, -0.05) is 32.9 Å². The molecule has 0 atom stereocenters. The predicted molar refractivity (Wildman–Crippen MR) is 119 cm³/mol. The van der Waals surface area contributed by atoms with Crippen LogP contribution in [0.1, 0.15) is 56.4 Å². The van der Waals surface area contributed by atoms with Gasteiger partial charge in [0.05, 0.1) is 5.69 Å². The van der Waals surface area contributed by atoms with E-state index in [0.29, 0.717) is 18.9 Å². The SMILES string of the molecule is CCCC(=O)Nc1cccc(CNC(=NC)N(C)Cc2cn(C)nc2C(C)C)c1. The molecular formula is C22H34N6O. The fraction of sp³-hybridized carbons (Fsp3) is 0.500. The summed E-state index contributed by atoms with van der Waals surface area (Å²) in [5, 5.41) is 10.9. The molecule has 29 heavy (non-hydrogen) atoms. The van der Waals surface area contributed by atoms with Crippen LogP contribution in [0.15, 0.2) is 35.5 Å².